The van der Waals surface area contributed by atoms with E-state index < -0.39 is 11.7 Å². The summed E-state index contributed by atoms with van der Waals surface area (Å²) in [5.74, 6) is 0.689. The minimum atomic E-state index is -4.30. The SMILES string of the molecule is FC(F)(F)c1ccc(COc2ccc(CBr)cc2)cc1. The van der Waals surface area contributed by atoms with Gasteiger partial charge in [-0.2, -0.15) is 13.2 Å². The topological polar surface area (TPSA) is 9.23 Å². The lowest BCUT2D eigenvalue weighted by molar-refractivity contribution is -0.137. The fraction of sp³-hybridized carbons (Fsp3) is 0.200. The molecule has 0 unspecified atom stereocenters. The molecule has 0 saturated carbocycles. The van der Waals surface area contributed by atoms with Crippen LogP contribution in [-0.4, -0.2) is 0 Å². The standard InChI is InChI=1S/C15H12BrF3O/c16-9-11-3-7-14(8-4-11)20-10-12-1-5-13(6-2-12)15(17,18)19/h1-8H,9-10H2. The Hall–Kier alpha value is -1.49. The van der Waals surface area contributed by atoms with Crippen molar-refractivity contribution in [3.05, 3.63) is 65.2 Å². The van der Waals surface area contributed by atoms with Crippen molar-refractivity contribution in [1.29, 1.82) is 0 Å². The van der Waals surface area contributed by atoms with Crippen LogP contribution < -0.4 is 4.74 Å². The average Bonchev–Trinajstić information content (AvgIpc) is 2.45. The summed E-state index contributed by atoms with van der Waals surface area (Å²) in [6.07, 6.45) is -4.30. The average molecular weight is 345 g/mol. The van der Waals surface area contributed by atoms with Gasteiger partial charge >= 0.3 is 6.18 Å². The van der Waals surface area contributed by atoms with E-state index in [0.29, 0.717) is 11.3 Å². The Bertz CT molecular complexity index is 547. The highest BCUT2D eigenvalue weighted by atomic mass is 79.9. The Morgan fingerprint density at radius 2 is 1.40 bits per heavy atom. The van der Waals surface area contributed by atoms with Crippen LogP contribution in [0.4, 0.5) is 13.2 Å². The third-order valence-electron chi connectivity index (χ3n) is 2.76. The summed E-state index contributed by atoms with van der Waals surface area (Å²) in [6.45, 7) is 0.242. The van der Waals surface area contributed by atoms with Crippen molar-refractivity contribution in [2.24, 2.45) is 0 Å². The molecule has 0 radical (unpaired) electrons. The van der Waals surface area contributed by atoms with Gasteiger partial charge in [0.05, 0.1) is 5.56 Å². The lowest BCUT2D eigenvalue weighted by Crippen LogP contribution is -2.05. The highest BCUT2D eigenvalue weighted by Gasteiger charge is 2.29. The van der Waals surface area contributed by atoms with Gasteiger partial charge < -0.3 is 4.74 Å². The number of benzene rings is 2. The first kappa shape index (κ1) is 14.9. The van der Waals surface area contributed by atoms with Crippen molar-refractivity contribution in [2.45, 2.75) is 18.1 Å². The highest BCUT2D eigenvalue weighted by molar-refractivity contribution is 9.08. The van der Waals surface area contributed by atoms with Gasteiger partial charge in [-0.1, -0.05) is 40.2 Å². The fourth-order valence-corrected chi connectivity index (χ4v) is 2.01. The molecule has 2 aromatic rings. The smallest absolute Gasteiger partial charge is 0.416 e. The van der Waals surface area contributed by atoms with E-state index in [4.69, 9.17) is 4.74 Å². The summed E-state index contributed by atoms with van der Waals surface area (Å²) >= 11 is 3.35. The molecule has 20 heavy (non-hydrogen) atoms. The molecule has 0 aliphatic carbocycles. The summed E-state index contributed by atoms with van der Waals surface area (Å²) in [7, 11) is 0. The van der Waals surface area contributed by atoms with Crippen LogP contribution in [0.3, 0.4) is 0 Å². The number of alkyl halides is 4. The predicted octanol–water partition coefficient (Wildman–Crippen LogP) is 5.18. The van der Waals surface area contributed by atoms with E-state index in [1.54, 1.807) is 0 Å². The van der Waals surface area contributed by atoms with E-state index in [0.717, 1.165) is 23.0 Å². The molecule has 0 atom stereocenters. The number of rotatable bonds is 4. The molecule has 2 rings (SSSR count). The monoisotopic (exact) mass is 344 g/mol. The number of hydrogen-bond donors (Lipinski definition) is 0. The molecule has 0 spiro atoms. The normalized spacial score (nSPS) is 11.4. The van der Waals surface area contributed by atoms with Crippen molar-refractivity contribution in [2.75, 3.05) is 0 Å². The number of halogens is 4. The molecular weight excluding hydrogens is 333 g/mol. The fourth-order valence-electron chi connectivity index (χ4n) is 1.63. The van der Waals surface area contributed by atoms with Crippen LogP contribution >= 0.6 is 15.9 Å². The first-order valence-electron chi connectivity index (χ1n) is 5.93. The molecule has 0 saturated heterocycles. The number of ether oxygens (including phenoxy) is 1. The maximum Gasteiger partial charge on any atom is 0.416 e. The Balaban J connectivity index is 1.96. The van der Waals surface area contributed by atoms with Crippen LogP contribution in [0, 0.1) is 0 Å². The second-order valence-electron chi connectivity index (χ2n) is 4.26. The van der Waals surface area contributed by atoms with Gasteiger partial charge in [-0.3, -0.25) is 0 Å². The summed E-state index contributed by atoms with van der Waals surface area (Å²) in [4.78, 5) is 0. The first-order valence-corrected chi connectivity index (χ1v) is 7.05. The maximum absolute atomic E-state index is 12.4. The van der Waals surface area contributed by atoms with Crippen LogP contribution in [0.1, 0.15) is 16.7 Å². The molecule has 106 valence electrons. The molecule has 0 amide bonds. The van der Waals surface area contributed by atoms with Crippen molar-refractivity contribution in [1.82, 2.24) is 0 Å². The predicted molar refractivity (Wildman–Crippen MR) is 74.8 cm³/mol. The van der Waals surface area contributed by atoms with Gasteiger partial charge in [0.2, 0.25) is 0 Å². The molecule has 0 fully saturated rings. The molecule has 2 aromatic carbocycles. The van der Waals surface area contributed by atoms with Crippen LogP contribution in [0.2, 0.25) is 0 Å². The van der Waals surface area contributed by atoms with Crippen molar-refractivity contribution in [3.63, 3.8) is 0 Å². The molecule has 0 aliphatic rings. The van der Waals surface area contributed by atoms with Gasteiger partial charge in [-0.25, -0.2) is 0 Å². The Morgan fingerprint density at radius 1 is 0.850 bits per heavy atom. The Labute approximate surface area is 123 Å². The van der Waals surface area contributed by atoms with Crippen LogP contribution in [-0.2, 0) is 18.1 Å². The van der Waals surface area contributed by atoms with Gasteiger partial charge in [0.1, 0.15) is 12.4 Å². The highest BCUT2D eigenvalue weighted by Crippen LogP contribution is 2.29. The minimum Gasteiger partial charge on any atom is -0.489 e. The van der Waals surface area contributed by atoms with E-state index in [-0.39, 0.29) is 6.61 Å². The van der Waals surface area contributed by atoms with E-state index in [2.05, 4.69) is 15.9 Å². The molecule has 1 nitrogen and oxygen atoms in total. The lowest BCUT2D eigenvalue weighted by Gasteiger charge is -2.09. The van der Waals surface area contributed by atoms with Gasteiger partial charge in [0.15, 0.2) is 0 Å². The third kappa shape index (κ3) is 4.00. The van der Waals surface area contributed by atoms with E-state index in [1.807, 2.05) is 24.3 Å². The molecular formula is C15H12BrF3O. The van der Waals surface area contributed by atoms with Crippen molar-refractivity contribution in [3.8, 4) is 5.75 Å². The number of hydrogen-bond acceptors (Lipinski definition) is 1. The van der Waals surface area contributed by atoms with Crippen molar-refractivity contribution < 1.29 is 17.9 Å². The van der Waals surface area contributed by atoms with Gasteiger partial charge in [0, 0.05) is 5.33 Å². The summed E-state index contributed by atoms with van der Waals surface area (Å²) in [5, 5.41) is 0.770. The van der Waals surface area contributed by atoms with Crippen molar-refractivity contribution >= 4 is 15.9 Å². The Morgan fingerprint density at radius 3 is 1.90 bits per heavy atom. The molecule has 0 bridgehead atoms. The quantitative estimate of drug-likeness (QED) is 0.694. The second-order valence-corrected chi connectivity index (χ2v) is 4.82. The second kappa shape index (κ2) is 6.31. The zero-order valence-electron chi connectivity index (χ0n) is 10.5. The molecule has 0 aliphatic heterocycles. The third-order valence-corrected chi connectivity index (χ3v) is 3.41. The van der Waals surface area contributed by atoms with Gasteiger partial charge in [0.25, 0.3) is 0 Å². The van der Waals surface area contributed by atoms with E-state index >= 15 is 0 Å². The first-order chi connectivity index (χ1) is 9.49. The minimum absolute atomic E-state index is 0.242. The van der Waals surface area contributed by atoms with E-state index in [1.165, 1.54) is 12.1 Å². The molecule has 0 heterocycles. The zero-order valence-corrected chi connectivity index (χ0v) is 12.0. The Kier molecular flexibility index (Phi) is 4.70. The summed E-state index contributed by atoms with van der Waals surface area (Å²) in [5.41, 5.74) is 1.18. The van der Waals surface area contributed by atoms with Gasteiger partial charge in [-0.15, -0.1) is 0 Å². The summed E-state index contributed by atoms with van der Waals surface area (Å²) < 4.78 is 42.7. The zero-order chi connectivity index (χ0) is 14.6. The van der Waals surface area contributed by atoms with Crippen LogP contribution in [0.5, 0.6) is 5.75 Å². The maximum atomic E-state index is 12.4. The van der Waals surface area contributed by atoms with Crippen LogP contribution in [0.15, 0.2) is 48.5 Å². The largest absolute Gasteiger partial charge is 0.489 e. The summed E-state index contributed by atoms with van der Waals surface area (Å²) in [6, 6.07) is 12.5. The van der Waals surface area contributed by atoms with Gasteiger partial charge in [-0.05, 0) is 35.4 Å². The van der Waals surface area contributed by atoms with Crippen LogP contribution in [0.25, 0.3) is 0 Å². The van der Waals surface area contributed by atoms with E-state index in [9.17, 15) is 13.2 Å². The molecule has 0 N–H and O–H groups in total. The molecule has 0 aromatic heterocycles. The molecule has 5 heteroatoms. The lowest BCUT2D eigenvalue weighted by atomic mass is 10.1.